The Morgan fingerprint density at radius 2 is 1.71 bits per heavy atom. The van der Waals surface area contributed by atoms with Crippen LogP contribution in [0.25, 0.3) is 27.7 Å². The van der Waals surface area contributed by atoms with Crippen molar-refractivity contribution in [1.82, 2.24) is 9.78 Å². The Kier molecular flexibility index (Phi) is 5.28. The standard InChI is InChI=1S/C22H17F2N3O3S/c1-2-31(29,30)26-16-7-5-6-14(12-16)21-17-8-3-4-9-18(17)22(28)27(25-21)20-11-10-15(23)13-19(20)24/h3-13,26H,2H2,1H3. The van der Waals surface area contributed by atoms with Gasteiger partial charge in [0.25, 0.3) is 5.56 Å². The molecule has 1 aromatic heterocycles. The molecule has 31 heavy (non-hydrogen) atoms. The molecule has 0 saturated carbocycles. The van der Waals surface area contributed by atoms with Crippen molar-refractivity contribution in [1.29, 1.82) is 0 Å². The molecule has 0 fully saturated rings. The van der Waals surface area contributed by atoms with E-state index in [4.69, 9.17) is 0 Å². The van der Waals surface area contributed by atoms with Gasteiger partial charge in [0.2, 0.25) is 10.0 Å². The van der Waals surface area contributed by atoms with Gasteiger partial charge < -0.3 is 0 Å². The number of hydrogen-bond acceptors (Lipinski definition) is 4. The first-order chi connectivity index (χ1) is 14.8. The van der Waals surface area contributed by atoms with Gasteiger partial charge in [0.15, 0.2) is 5.82 Å². The summed E-state index contributed by atoms with van der Waals surface area (Å²) in [6, 6.07) is 16.1. The second-order valence-electron chi connectivity index (χ2n) is 6.79. The zero-order valence-electron chi connectivity index (χ0n) is 16.3. The number of benzene rings is 3. The summed E-state index contributed by atoms with van der Waals surface area (Å²) in [5.74, 6) is -1.79. The summed E-state index contributed by atoms with van der Waals surface area (Å²) < 4.78 is 55.0. The lowest BCUT2D eigenvalue weighted by atomic mass is 10.0. The van der Waals surface area contributed by atoms with Crippen LogP contribution in [0.3, 0.4) is 0 Å². The first-order valence-corrected chi connectivity index (χ1v) is 11.0. The zero-order valence-corrected chi connectivity index (χ0v) is 17.2. The van der Waals surface area contributed by atoms with Gasteiger partial charge in [0, 0.05) is 22.7 Å². The third-order valence-corrected chi connectivity index (χ3v) is 6.04. The molecule has 6 nitrogen and oxygen atoms in total. The van der Waals surface area contributed by atoms with Crippen LogP contribution in [0.5, 0.6) is 0 Å². The number of halogens is 2. The van der Waals surface area contributed by atoms with Crippen molar-refractivity contribution in [3.63, 3.8) is 0 Å². The molecule has 1 heterocycles. The van der Waals surface area contributed by atoms with Crippen molar-refractivity contribution in [2.45, 2.75) is 6.92 Å². The topological polar surface area (TPSA) is 81.1 Å². The van der Waals surface area contributed by atoms with E-state index in [-0.39, 0.29) is 16.8 Å². The first kappa shape index (κ1) is 20.7. The van der Waals surface area contributed by atoms with Crippen LogP contribution in [0, 0.1) is 11.6 Å². The molecule has 1 N–H and O–H groups in total. The van der Waals surface area contributed by atoms with Crippen LogP contribution in [0.1, 0.15) is 6.92 Å². The zero-order chi connectivity index (χ0) is 22.2. The number of anilines is 1. The molecule has 0 unspecified atom stereocenters. The lowest BCUT2D eigenvalue weighted by Gasteiger charge is -2.13. The van der Waals surface area contributed by atoms with Crippen LogP contribution in [0.4, 0.5) is 14.5 Å². The Morgan fingerprint density at radius 3 is 2.42 bits per heavy atom. The van der Waals surface area contributed by atoms with Gasteiger partial charge >= 0.3 is 0 Å². The highest BCUT2D eigenvalue weighted by Crippen LogP contribution is 2.28. The molecule has 0 radical (unpaired) electrons. The molecule has 4 rings (SSSR count). The fraction of sp³-hybridized carbons (Fsp3) is 0.0909. The predicted molar refractivity (Wildman–Crippen MR) is 116 cm³/mol. The maximum Gasteiger partial charge on any atom is 0.279 e. The number of nitrogens with one attached hydrogen (secondary N) is 1. The SMILES string of the molecule is CCS(=O)(=O)Nc1cccc(-c2nn(-c3ccc(F)cc3F)c(=O)c3ccccc23)c1. The summed E-state index contributed by atoms with van der Waals surface area (Å²) >= 11 is 0. The number of fused-ring (bicyclic) bond motifs is 1. The molecule has 0 aliphatic carbocycles. The van der Waals surface area contributed by atoms with E-state index in [0.717, 1.165) is 16.8 Å². The Morgan fingerprint density at radius 1 is 0.968 bits per heavy atom. The molecule has 0 amide bonds. The van der Waals surface area contributed by atoms with Crippen LogP contribution >= 0.6 is 0 Å². The maximum absolute atomic E-state index is 14.4. The van der Waals surface area contributed by atoms with E-state index in [1.54, 1.807) is 48.5 Å². The second kappa shape index (κ2) is 7.92. The lowest BCUT2D eigenvalue weighted by molar-refractivity contribution is 0.571. The van der Waals surface area contributed by atoms with E-state index in [1.165, 1.54) is 6.92 Å². The Bertz CT molecular complexity index is 1470. The Labute approximate surface area is 176 Å². The smallest absolute Gasteiger partial charge is 0.279 e. The summed E-state index contributed by atoms with van der Waals surface area (Å²) in [4.78, 5) is 13.0. The molecule has 9 heteroatoms. The average molecular weight is 441 g/mol. The van der Waals surface area contributed by atoms with Gasteiger partial charge in [0.05, 0.1) is 16.8 Å². The highest BCUT2D eigenvalue weighted by atomic mass is 32.2. The number of nitrogens with zero attached hydrogens (tertiary/aromatic N) is 2. The molecule has 158 valence electrons. The van der Waals surface area contributed by atoms with Crippen molar-refractivity contribution < 1.29 is 17.2 Å². The van der Waals surface area contributed by atoms with E-state index in [2.05, 4.69) is 9.82 Å². The molecule has 0 aliphatic heterocycles. The maximum atomic E-state index is 14.4. The molecular formula is C22H17F2N3O3S. The van der Waals surface area contributed by atoms with Crippen LogP contribution in [0.2, 0.25) is 0 Å². The van der Waals surface area contributed by atoms with E-state index in [0.29, 0.717) is 28.4 Å². The van der Waals surface area contributed by atoms with Gasteiger partial charge in [-0.2, -0.15) is 9.78 Å². The highest BCUT2D eigenvalue weighted by Gasteiger charge is 2.17. The van der Waals surface area contributed by atoms with E-state index in [1.807, 2.05) is 0 Å². The molecular weight excluding hydrogens is 424 g/mol. The van der Waals surface area contributed by atoms with Crippen LogP contribution in [0.15, 0.2) is 71.5 Å². The van der Waals surface area contributed by atoms with Crippen molar-refractivity contribution in [3.8, 4) is 16.9 Å². The summed E-state index contributed by atoms with van der Waals surface area (Å²) in [6.07, 6.45) is 0. The van der Waals surface area contributed by atoms with Crippen molar-refractivity contribution in [2.24, 2.45) is 0 Å². The molecule has 0 aliphatic rings. The number of aromatic nitrogens is 2. The van der Waals surface area contributed by atoms with Gasteiger partial charge in [0.1, 0.15) is 11.5 Å². The molecule has 3 aromatic carbocycles. The fourth-order valence-corrected chi connectivity index (χ4v) is 3.83. The van der Waals surface area contributed by atoms with Gasteiger partial charge in [-0.05, 0) is 37.3 Å². The monoisotopic (exact) mass is 441 g/mol. The Balaban J connectivity index is 1.97. The minimum Gasteiger partial charge on any atom is -0.284 e. The van der Waals surface area contributed by atoms with E-state index in [9.17, 15) is 22.0 Å². The van der Waals surface area contributed by atoms with Crippen molar-refractivity contribution >= 4 is 26.5 Å². The fourth-order valence-electron chi connectivity index (χ4n) is 3.20. The summed E-state index contributed by atoms with van der Waals surface area (Å²) in [5.41, 5.74) is 0.435. The molecule has 0 saturated heterocycles. The Hall–Kier alpha value is -3.59. The van der Waals surface area contributed by atoms with Crippen molar-refractivity contribution in [3.05, 3.63) is 88.7 Å². The number of sulfonamides is 1. The van der Waals surface area contributed by atoms with Gasteiger partial charge in [-0.1, -0.05) is 30.3 Å². The molecule has 0 spiro atoms. The van der Waals surface area contributed by atoms with Gasteiger partial charge in [-0.25, -0.2) is 17.2 Å². The normalized spacial score (nSPS) is 11.6. The number of hydrogen-bond donors (Lipinski definition) is 1. The predicted octanol–water partition coefficient (Wildman–Crippen LogP) is 4.09. The lowest BCUT2D eigenvalue weighted by Crippen LogP contribution is -2.23. The summed E-state index contributed by atoms with van der Waals surface area (Å²) in [5, 5.41) is 5.16. The minimum absolute atomic E-state index is 0.0901. The van der Waals surface area contributed by atoms with Gasteiger partial charge in [-0.3, -0.25) is 9.52 Å². The third-order valence-electron chi connectivity index (χ3n) is 4.73. The van der Waals surface area contributed by atoms with Crippen LogP contribution in [-0.4, -0.2) is 24.0 Å². The molecule has 0 atom stereocenters. The largest absolute Gasteiger partial charge is 0.284 e. The van der Waals surface area contributed by atoms with Crippen molar-refractivity contribution in [2.75, 3.05) is 10.5 Å². The quantitative estimate of drug-likeness (QED) is 0.506. The van der Waals surface area contributed by atoms with Crippen LogP contribution < -0.4 is 10.3 Å². The van der Waals surface area contributed by atoms with E-state index >= 15 is 0 Å². The summed E-state index contributed by atoms with van der Waals surface area (Å²) in [7, 11) is -3.49. The first-order valence-electron chi connectivity index (χ1n) is 9.37. The molecule has 4 aromatic rings. The van der Waals surface area contributed by atoms with Crippen LogP contribution in [-0.2, 0) is 10.0 Å². The third kappa shape index (κ3) is 4.04. The summed E-state index contributed by atoms with van der Waals surface area (Å²) in [6.45, 7) is 1.52. The average Bonchev–Trinajstić information content (AvgIpc) is 2.75. The number of rotatable bonds is 5. The highest BCUT2D eigenvalue weighted by molar-refractivity contribution is 7.92. The molecule has 0 bridgehead atoms. The van der Waals surface area contributed by atoms with Gasteiger partial charge in [-0.15, -0.1) is 0 Å². The van der Waals surface area contributed by atoms with E-state index < -0.39 is 27.2 Å². The minimum atomic E-state index is -3.49. The second-order valence-corrected chi connectivity index (χ2v) is 8.80.